The molecule has 1 unspecified atom stereocenters. The Labute approximate surface area is 194 Å². The van der Waals surface area contributed by atoms with Crippen LogP contribution in [0.15, 0.2) is 58.9 Å². The van der Waals surface area contributed by atoms with Crippen LogP contribution in [0.2, 0.25) is 5.02 Å². The van der Waals surface area contributed by atoms with Crippen molar-refractivity contribution in [2.45, 2.75) is 13.0 Å². The van der Waals surface area contributed by atoms with Gasteiger partial charge >= 0.3 is 0 Å². The molecule has 0 saturated carbocycles. The molecule has 3 heterocycles. The summed E-state index contributed by atoms with van der Waals surface area (Å²) in [5, 5.41) is 14.2. The van der Waals surface area contributed by atoms with Gasteiger partial charge in [0.2, 0.25) is 0 Å². The third kappa shape index (κ3) is 4.29. The van der Waals surface area contributed by atoms with Crippen molar-refractivity contribution >= 4 is 40.1 Å². The molecule has 1 aromatic heterocycles. The highest BCUT2D eigenvalue weighted by Crippen LogP contribution is 2.34. The molecule has 5 rings (SSSR count). The summed E-state index contributed by atoms with van der Waals surface area (Å²) in [5.74, 6) is -0.295. The number of amides is 1. The van der Waals surface area contributed by atoms with Gasteiger partial charge in [-0.25, -0.2) is 9.38 Å². The molecule has 2 aliphatic rings. The molecule has 0 aliphatic carbocycles. The van der Waals surface area contributed by atoms with E-state index in [0.717, 1.165) is 10.9 Å². The number of nitrogens with zero attached hydrogens (tertiary/aromatic N) is 3. The fraction of sp³-hybridized carbons (Fsp3) is 0.261. The molecule has 8 nitrogen and oxygen atoms in total. The minimum Gasteiger partial charge on any atom is -0.378 e. The SMILES string of the molecule is CC1=C(C(=O)Nc2ccc3[nH]ncc3c2)C(c2ccc(Cl)cc2F)N=C(N2CCOCC2)N1. The highest BCUT2D eigenvalue weighted by molar-refractivity contribution is 6.30. The van der Waals surface area contributed by atoms with E-state index in [1.165, 1.54) is 6.07 Å². The van der Waals surface area contributed by atoms with E-state index in [9.17, 15) is 9.18 Å². The van der Waals surface area contributed by atoms with Gasteiger partial charge in [-0.15, -0.1) is 0 Å². The van der Waals surface area contributed by atoms with E-state index in [2.05, 4.69) is 20.8 Å². The second-order valence-electron chi connectivity index (χ2n) is 7.91. The third-order valence-corrected chi connectivity index (χ3v) is 5.97. The lowest BCUT2D eigenvalue weighted by molar-refractivity contribution is -0.113. The summed E-state index contributed by atoms with van der Waals surface area (Å²) in [6, 6.07) is 9.02. The molecule has 1 atom stereocenters. The number of allylic oxidation sites excluding steroid dienone is 1. The summed E-state index contributed by atoms with van der Waals surface area (Å²) in [5.41, 5.74) is 2.69. The lowest BCUT2D eigenvalue weighted by Gasteiger charge is -2.34. The molecule has 0 radical (unpaired) electrons. The molecule has 1 amide bonds. The molecular formula is C23H22ClFN6O2. The zero-order valence-corrected chi connectivity index (χ0v) is 18.6. The van der Waals surface area contributed by atoms with Crippen LogP contribution in [0, 0.1) is 5.82 Å². The zero-order chi connectivity index (χ0) is 22.9. The van der Waals surface area contributed by atoms with Crippen molar-refractivity contribution in [2.24, 2.45) is 4.99 Å². The Morgan fingerprint density at radius 1 is 1.24 bits per heavy atom. The standard InChI is InChI=1S/C23H22ClFN6O2/c1-13-20(22(32)28-16-3-5-19-14(10-16)12-26-30-19)21(17-4-2-15(24)11-18(17)25)29-23(27-13)31-6-8-33-9-7-31/h2-5,10-12,21H,6-9H2,1H3,(H,26,30)(H,27,29)(H,28,32). The number of anilines is 1. The van der Waals surface area contributed by atoms with Gasteiger partial charge in [-0.05, 0) is 37.3 Å². The molecule has 0 bridgehead atoms. The van der Waals surface area contributed by atoms with Crippen molar-refractivity contribution in [1.82, 2.24) is 20.4 Å². The number of H-pyrrole nitrogens is 1. The molecule has 3 N–H and O–H groups in total. The topological polar surface area (TPSA) is 94.6 Å². The molecular weight excluding hydrogens is 447 g/mol. The monoisotopic (exact) mass is 468 g/mol. The number of hydrogen-bond donors (Lipinski definition) is 3. The second-order valence-corrected chi connectivity index (χ2v) is 8.35. The average Bonchev–Trinajstić information content (AvgIpc) is 3.27. The van der Waals surface area contributed by atoms with Gasteiger partial charge in [0.25, 0.3) is 5.91 Å². The summed E-state index contributed by atoms with van der Waals surface area (Å²) >= 11 is 5.97. The molecule has 170 valence electrons. The maximum atomic E-state index is 15.0. The summed E-state index contributed by atoms with van der Waals surface area (Å²) in [6.45, 7) is 4.26. The van der Waals surface area contributed by atoms with Crippen LogP contribution in [0.5, 0.6) is 0 Å². The molecule has 2 aliphatic heterocycles. The highest BCUT2D eigenvalue weighted by Gasteiger charge is 2.33. The van der Waals surface area contributed by atoms with Gasteiger partial charge in [0.1, 0.15) is 11.9 Å². The molecule has 0 spiro atoms. The van der Waals surface area contributed by atoms with Gasteiger partial charge in [-0.3, -0.25) is 9.89 Å². The minimum atomic E-state index is -0.834. The lowest BCUT2D eigenvalue weighted by Crippen LogP contribution is -2.49. The summed E-state index contributed by atoms with van der Waals surface area (Å²) < 4.78 is 20.4. The predicted molar refractivity (Wildman–Crippen MR) is 125 cm³/mol. The highest BCUT2D eigenvalue weighted by atomic mass is 35.5. The normalized spacial score (nSPS) is 18.8. The number of morpholine rings is 1. The number of aliphatic imine (C=N–C) groups is 1. The zero-order valence-electron chi connectivity index (χ0n) is 17.9. The van der Waals surface area contributed by atoms with E-state index in [0.29, 0.717) is 49.2 Å². The van der Waals surface area contributed by atoms with Crippen LogP contribution >= 0.6 is 11.6 Å². The maximum Gasteiger partial charge on any atom is 0.255 e. The smallest absolute Gasteiger partial charge is 0.255 e. The number of ether oxygens (including phenoxy) is 1. The first kappa shape index (κ1) is 21.4. The third-order valence-electron chi connectivity index (χ3n) is 5.74. The molecule has 33 heavy (non-hydrogen) atoms. The fourth-order valence-corrected chi connectivity index (χ4v) is 4.22. The number of aromatic amines is 1. The van der Waals surface area contributed by atoms with Crippen LogP contribution < -0.4 is 10.6 Å². The minimum absolute atomic E-state index is 0.279. The van der Waals surface area contributed by atoms with Crippen LogP contribution in [0.3, 0.4) is 0 Å². The number of aromatic nitrogens is 2. The van der Waals surface area contributed by atoms with E-state index in [1.54, 1.807) is 31.3 Å². The second kappa shape index (κ2) is 8.84. The van der Waals surface area contributed by atoms with E-state index < -0.39 is 11.9 Å². The van der Waals surface area contributed by atoms with E-state index in [4.69, 9.17) is 21.3 Å². The molecule has 10 heteroatoms. The molecule has 1 saturated heterocycles. The van der Waals surface area contributed by atoms with Gasteiger partial charge < -0.3 is 20.3 Å². The van der Waals surface area contributed by atoms with Gasteiger partial charge in [-0.1, -0.05) is 17.7 Å². The Bertz CT molecular complexity index is 1280. The van der Waals surface area contributed by atoms with Crippen LogP contribution in [0.1, 0.15) is 18.5 Å². The van der Waals surface area contributed by atoms with Crippen LogP contribution in [0.25, 0.3) is 10.9 Å². The fourth-order valence-electron chi connectivity index (χ4n) is 4.06. The average molecular weight is 469 g/mol. The lowest BCUT2D eigenvalue weighted by atomic mass is 9.95. The van der Waals surface area contributed by atoms with E-state index in [-0.39, 0.29) is 16.5 Å². The number of hydrogen-bond acceptors (Lipinski definition) is 6. The Morgan fingerprint density at radius 3 is 2.85 bits per heavy atom. The summed E-state index contributed by atoms with van der Waals surface area (Å²) in [7, 11) is 0. The number of carbonyl (C=O) groups excluding carboxylic acids is 1. The van der Waals surface area contributed by atoms with E-state index >= 15 is 0 Å². The van der Waals surface area contributed by atoms with E-state index in [1.807, 2.05) is 17.0 Å². The largest absolute Gasteiger partial charge is 0.378 e. The van der Waals surface area contributed by atoms with Crippen molar-refractivity contribution < 1.29 is 13.9 Å². The van der Waals surface area contributed by atoms with Gasteiger partial charge in [0.05, 0.1) is 30.5 Å². The maximum absolute atomic E-state index is 15.0. The number of guanidine groups is 1. The number of carbonyl (C=O) groups is 1. The van der Waals surface area contributed by atoms with Gasteiger partial charge in [-0.2, -0.15) is 5.10 Å². The Hall–Kier alpha value is -3.43. The van der Waals surface area contributed by atoms with Crippen molar-refractivity contribution in [1.29, 1.82) is 0 Å². The Morgan fingerprint density at radius 2 is 2.06 bits per heavy atom. The van der Waals surface area contributed by atoms with Gasteiger partial charge in [0, 0.05) is 40.4 Å². The van der Waals surface area contributed by atoms with Crippen molar-refractivity contribution in [2.75, 3.05) is 31.6 Å². The van der Waals surface area contributed by atoms with Crippen molar-refractivity contribution in [3.8, 4) is 0 Å². The van der Waals surface area contributed by atoms with Crippen LogP contribution in [-0.4, -0.2) is 53.3 Å². The number of halogens is 2. The Balaban J connectivity index is 1.50. The first-order chi connectivity index (χ1) is 16.0. The van der Waals surface area contributed by atoms with Crippen molar-refractivity contribution in [3.05, 3.63) is 70.3 Å². The summed E-state index contributed by atoms with van der Waals surface area (Å²) in [4.78, 5) is 20.2. The number of benzene rings is 2. The van der Waals surface area contributed by atoms with Crippen LogP contribution in [0.4, 0.5) is 10.1 Å². The first-order valence-electron chi connectivity index (χ1n) is 10.6. The number of nitrogens with one attached hydrogen (secondary N) is 3. The molecule has 1 fully saturated rings. The molecule has 3 aromatic rings. The molecule has 2 aromatic carbocycles. The van der Waals surface area contributed by atoms with Crippen LogP contribution in [-0.2, 0) is 9.53 Å². The van der Waals surface area contributed by atoms with Crippen molar-refractivity contribution in [3.63, 3.8) is 0 Å². The number of rotatable bonds is 3. The van der Waals surface area contributed by atoms with Gasteiger partial charge in [0.15, 0.2) is 5.96 Å². The first-order valence-corrected chi connectivity index (χ1v) is 10.9. The predicted octanol–water partition coefficient (Wildman–Crippen LogP) is 3.60. The quantitative estimate of drug-likeness (QED) is 0.546. The summed E-state index contributed by atoms with van der Waals surface area (Å²) in [6.07, 6.45) is 1.68. The number of fused-ring (bicyclic) bond motifs is 1. The Kier molecular flexibility index (Phi) is 5.74.